The summed E-state index contributed by atoms with van der Waals surface area (Å²) in [5.74, 6) is 0. The van der Waals surface area contributed by atoms with Gasteiger partial charge >= 0.3 is 0 Å². The van der Waals surface area contributed by atoms with Gasteiger partial charge in [0.15, 0.2) is 0 Å². The van der Waals surface area contributed by atoms with Crippen molar-refractivity contribution in [3.63, 3.8) is 0 Å². The van der Waals surface area contributed by atoms with Crippen molar-refractivity contribution in [2.75, 3.05) is 0 Å². The van der Waals surface area contributed by atoms with Crippen LogP contribution >= 0.6 is 0 Å². The van der Waals surface area contributed by atoms with Crippen LogP contribution in [0.25, 0.3) is 0 Å². The molecule has 0 fully saturated rings. The van der Waals surface area contributed by atoms with Crippen LogP contribution in [0, 0.1) is 0 Å². The van der Waals surface area contributed by atoms with Crippen molar-refractivity contribution < 1.29 is 5.11 Å². The summed E-state index contributed by atoms with van der Waals surface area (Å²) in [4.78, 5) is 0. The molecule has 1 aromatic rings. The SMILES string of the molecule is CCC(CC)n1ccc(CC(C)O)n1. The summed E-state index contributed by atoms with van der Waals surface area (Å²) in [5, 5.41) is 13.7. The molecule has 0 saturated heterocycles. The summed E-state index contributed by atoms with van der Waals surface area (Å²) >= 11 is 0. The molecule has 1 unspecified atom stereocenters. The number of nitrogens with zero attached hydrogens (tertiary/aromatic N) is 2. The minimum atomic E-state index is -0.306. The third-order valence-electron chi connectivity index (χ3n) is 2.48. The topological polar surface area (TPSA) is 38.0 Å². The van der Waals surface area contributed by atoms with Crippen molar-refractivity contribution in [2.24, 2.45) is 0 Å². The summed E-state index contributed by atoms with van der Waals surface area (Å²) in [6.07, 6.45) is 4.56. The molecule has 1 heterocycles. The van der Waals surface area contributed by atoms with Crippen LogP contribution in [0.2, 0.25) is 0 Å². The number of aromatic nitrogens is 2. The first-order valence-electron chi connectivity index (χ1n) is 5.39. The van der Waals surface area contributed by atoms with E-state index in [0.29, 0.717) is 12.5 Å². The minimum absolute atomic E-state index is 0.306. The lowest BCUT2D eigenvalue weighted by Gasteiger charge is -2.12. The summed E-state index contributed by atoms with van der Waals surface area (Å²) in [7, 11) is 0. The number of hydrogen-bond donors (Lipinski definition) is 1. The van der Waals surface area contributed by atoms with Crippen LogP contribution in [-0.4, -0.2) is 21.0 Å². The van der Waals surface area contributed by atoms with Crippen LogP contribution in [0.5, 0.6) is 0 Å². The van der Waals surface area contributed by atoms with E-state index in [1.807, 2.05) is 16.9 Å². The number of aliphatic hydroxyl groups is 1. The molecule has 0 bridgehead atoms. The lowest BCUT2D eigenvalue weighted by atomic mass is 10.2. The molecule has 0 radical (unpaired) electrons. The molecular formula is C11H20N2O. The highest BCUT2D eigenvalue weighted by molar-refractivity contribution is 5.00. The molecule has 0 aliphatic heterocycles. The van der Waals surface area contributed by atoms with Gasteiger partial charge in [0.25, 0.3) is 0 Å². The number of rotatable bonds is 5. The van der Waals surface area contributed by atoms with Gasteiger partial charge < -0.3 is 5.11 Å². The van der Waals surface area contributed by atoms with Gasteiger partial charge in [0.1, 0.15) is 0 Å². The number of hydrogen-bond acceptors (Lipinski definition) is 2. The molecule has 0 aliphatic carbocycles. The fourth-order valence-electron chi connectivity index (χ4n) is 1.66. The highest BCUT2D eigenvalue weighted by Crippen LogP contribution is 2.14. The van der Waals surface area contributed by atoms with Gasteiger partial charge in [-0.3, -0.25) is 4.68 Å². The lowest BCUT2D eigenvalue weighted by molar-refractivity contribution is 0.193. The van der Waals surface area contributed by atoms with E-state index in [1.54, 1.807) is 6.92 Å². The zero-order valence-corrected chi connectivity index (χ0v) is 9.27. The van der Waals surface area contributed by atoms with Crippen LogP contribution in [0.3, 0.4) is 0 Å². The van der Waals surface area contributed by atoms with Gasteiger partial charge in [0.2, 0.25) is 0 Å². The third-order valence-corrected chi connectivity index (χ3v) is 2.48. The highest BCUT2D eigenvalue weighted by atomic mass is 16.3. The molecule has 0 spiro atoms. The van der Waals surface area contributed by atoms with Crippen molar-refractivity contribution in [3.8, 4) is 0 Å². The van der Waals surface area contributed by atoms with Crippen molar-refractivity contribution in [2.45, 2.75) is 52.2 Å². The maximum Gasteiger partial charge on any atom is 0.0650 e. The van der Waals surface area contributed by atoms with E-state index in [2.05, 4.69) is 18.9 Å². The van der Waals surface area contributed by atoms with Gasteiger partial charge in [-0.2, -0.15) is 5.10 Å². The normalized spacial score (nSPS) is 13.5. The van der Waals surface area contributed by atoms with Crippen molar-refractivity contribution in [1.82, 2.24) is 9.78 Å². The Hall–Kier alpha value is -0.830. The minimum Gasteiger partial charge on any atom is -0.393 e. The van der Waals surface area contributed by atoms with E-state index >= 15 is 0 Å². The first-order valence-corrected chi connectivity index (χ1v) is 5.39. The second-order valence-corrected chi connectivity index (χ2v) is 3.81. The largest absolute Gasteiger partial charge is 0.393 e. The predicted molar refractivity (Wildman–Crippen MR) is 57.2 cm³/mol. The molecule has 0 aliphatic rings. The summed E-state index contributed by atoms with van der Waals surface area (Å²) < 4.78 is 2.01. The predicted octanol–water partition coefficient (Wildman–Crippen LogP) is 2.17. The Morgan fingerprint density at radius 2 is 2.07 bits per heavy atom. The van der Waals surface area contributed by atoms with Crippen LogP contribution in [-0.2, 0) is 6.42 Å². The molecule has 3 nitrogen and oxygen atoms in total. The monoisotopic (exact) mass is 196 g/mol. The lowest BCUT2D eigenvalue weighted by Crippen LogP contribution is -2.10. The van der Waals surface area contributed by atoms with Crippen LogP contribution in [0.1, 0.15) is 45.3 Å². The van der Waals surface area contributed by atoms with Gasteiger partial charge in [0.05, 0.1) is 17.8 Å². The molecule has 0 amide bonds. The molecule has 1 atom stereocenters. The summed E-state index contributed by atoms with van der Waals surface area (Å²) in [6.45, 7) is 6.13. The average molecular weight is 196 g/mol. The zero-order valence-electron chi connectivity index (χ0n) is 9.27. The Bertz CT molecular complexity index is 264. The Morgan fingerprint density at radius 3 is 2.57 bits per heavy atom. The van der Waals surface area contributed by atoms with Gasteiger partial charge in [-0.1, -0.05) is 13.8 Å². The first kappa shape index (κ1) is 11.2. The van der Waals surface area contributed by atoms with Crippen LogP contribution < -0.4 is 0 Å². The van der Waals surface area contributed by atoms with Crippen molar-refractivity contribution in [3.05, 3.63) is 18.0 Å². The maximum absolute atomic E-state index is 9.22. The van der Waals surface area contributed by atoms with Crippen LogP contribution in [0.4, 0.5) is 0 Å². The zero-order chi connectivity index (χ0) is 10.6. The number of aliphatic hydroxyl groups excluding tert-OH is 1. The summed E-state index contributed by atoms with van der Waals surface area (Å²) in [6, 6.07) is 2.49. The molecular weight excluding hydrogens is 176 g/mol. The molecule has 1 rings (SSSR count). The van der Waals surface area contributed by atoms with E-state index in [0.717, 1.165) is 18.5 Å². The molecule has 0 aromatic carbocycles. The molecule has 3 heteroatoms. The van der Waals surface area contributed by atoms with E-state index in [1.165, 1.54) is 0 Å². The van der Waals surface area contributed by atoms with E-state index < -0.39 is 0 Å². The Morgan fingerprint density at radius 1 is 1.43 bits per heavy atom. The second kappa shape index (κ2) is 5.15. The Labute approximate surface area is 85.8 Å². The van der Waals surface area contributed by atoms with E-state index in [-0.39, 0.29) is 6.10 Å². The average Bonchev–Trinajstić information content (AvgIpc) is 2.54. The Kier molecular flexibility index (Phi) is 4.14. The van der Waals surface area contributed by atoms with E-state index in [9.17, 15) is 5.11 Å². The van der Waals surface area contributed by atoms with Gasteiger partial charge in [-0.25, -0.2) is 0 Å². The fourth-order valence-corrected chi connectivity index (χ4v) is 1.66. The van der Waals surface area contributed by atoms with Gasteiger partial charge in [-0.05, 0) is 25.8 Å². The second-order valence-electron chi connectivity index (χ2n) is 3.81. The smallest absolute Gasteiger partial charge is 0.0650 e. The molecule has 0 saturated carbocycles. The van der Waals surface area contributed by atoms with Crippen molar-refractivity contribution in [1.29, 1.82) is 0 Å². The first-order chi connectivity index (χ1) is 6.67. The van der Waals surface area contributed by atoms with Gasteiger partial charge in [0, 0.05) is 12.6 Å². The Balaban J connectivity index is 2.66. The highest BCUT2D eigenvalue weighted by Gasteiger charge is 2.08. The quantitative estimate of drug-likeness (QED) is 0.783. The molecule has 14 heavy (non-hydrogen) atoms. The van der Waals surface area contributed by atoms with Crippen LogP contribution in [0.15, 0.2) is 12.3 Å². The van der Waals surface area contributed by atoms with Crippen molar-refractivity contribution >= 4 is 0 Å². The summed E-state index contributed by atoms with van der Waals surface area (Å²) in [5.41, 5.74) is 0.979. The fraction of sp³-hybridized carbons (Fsp3) is 0.727. The standard InChI is InChI=1S/C11H20N2O/c1-4-11(5-2)13-7-6-10(12-13)8-9(3)14/h6-7,9,11,14H,4-5,8H2,1-3H3. The molecule has 80 valence electrons. The third kappa shape index (κ3) is 2.84. The molecule has 1 aromatic heterocycles. The molecule has 1 N–H and O–H groups in total. The van der Waals surface area contributed by atoms with E-state index in [4.69, 9.17) is 0 Å². The maximum atomic E-state index is 9.22. The van der Waals surface area contributed by atoms with Gasteiger partial charge in [-0.15, -0.1) is 0 Å².